The van der Waals surface area contributed by atoms with Gasteiger partial charge in [-0.05, 0) is 90.3 Å². The van der Waals surface area contributed by atoms with Gasteiger partial charge in [-0.2, -0.15) is 11.3 Å². The molecular weight excluding hydrogens is 342 g/mol. The predicted molar refractivity (Wildman–Crippen MR) is 110 cm³/mol. The lowest BCUT2D eigenvalue weighted by Crippen LogP contribution is -2.38. The second kappa shape index (κ2) is 9.43. The summed E-state index contributed by atoms with van der Waals surface area (Å²) >= 11 is 1.82. The van der Waals surface area contributed by atoms with Gasteiger partial charge in [0.2, 0.25) is 0 Å². The van der Waals surface area contributed by atoms with Crippen LogP contribution in [0.4, 0.5) is 0 Å². The lowest BCUT2D eigenvalue weighted by atomic mass is 9.90. The molecule has 0 radical (unpaired) electrons. The maximum absolute atomic E-state index is 5.97. The fourth-order valence-corrected chi connectivity index (χ4v) is 4.35. The van der Waals surface area contributed by atoms with Gasteiger partial charge in [-0.3, -0.25) is 0 Å². The Morgan fingerprint density at radius 3 is 2.35 bits per heavy atom. The van der Waals surface area contributed by atoms with Crippen LogP contribution in [-0.4, -0.2) is 38.3 Å². The van der Waals surface area contributed by atoms with E-state index in [2.05, 4.69) is 35.6 Å². The third-order valence-corrected chi connectivity index (χ3v) is 6.39. The molecule has 2 unspecified atom stereocenters. The topological polar surface area (TPSA) is 21.7 Å². The van der Waals surface area contributed by atoms with Crippen LogP contribution in [0, 0.1) is 11.8 Å². The molecule has 0 amide bonds. The molecule has 0 spiro atoms. The van der Waals surface area contributed by atoms with Gasteiger partial charge >= 0.3 is 0 Å². The van der Waals surface area contributed by atoms with Gasteiger partial charge in [-0.15, -0.1) is 0 Å². The van der Waals surface area contributed by atoms with Crippen LogP contribution in [0.5, 0.6) is 11.5 Å². The Hall–Kier alpha value is -1.52. The Kier molecular flexibility index (Phi) is 6.98. The molecule has 1 fully saturated rings. The molecule has 2 heterocycles. The smallest absolute Gasteiger partial charge is 0.119 e. The molecule has 1 aliphatic heterocycles. The molecule has 2 atom stereocenters. The summed E-state index contributed by atoms with van der Waals surface area (Å²) in [6.07, 6.45) is 2.58. The Bertz CT molecular complexity index is 633. The molecular formula is C22H31NO2S. The fraction of sp³-hybridized carbons (Fsp3) is 0.545. The summed E-state index contributed by atoms with van der Waals surface area (Å²) in [7, 11) is 1.68. The highest BCUT2D eigenvalue weighted by atomic mass is 32.1. The lowest BCUT2D eigenvalue weighted by Gasteiger charge is -2.34. The average Bonchev–Trinajstić information content (AvgIpc) is 3.22. The van der Waals surface area contributed by atoms with E-state index in [1.54, 1.807) is 12.7 Å². The Morgan fingerprint density at radius 1 is 1.04 bits per heavy atom. The van der Waals surface area contributed by atoms with E-state index in [1.807, 2.05) is 35.6 Å². The molecule has 1 aromatic heterocycles. The van der Waals surface area contributed by atoms with E-state index in [4.69, 9.17) is 9.47 Å². The minimum absolute atomic E-state index is 0.534. The van der Waals surface area contributed by atoms with Crippen molar-refractivity contribution < 1.29 is 9.47 Å². The van der Waals surface area contributed by atoms with Crippen molar-refractivity contribution in [1.29, 1.82) is 0 Å². The molecule has 0 N–H and O–H groups in total. The first kappa shape index (κ1) is 19.2. The summed E-state index contributed by atoms with van der Waals surface area (Å²) in [6.45, 7) is 9.02. The minimum atomic E-state index is 0.534. The second-order valence-electron chi connectivity index (χ2n) is 7.57. The number of likely N-dealkylation sites (tertiary alicyclic amines) is 1. The monoisotopic (exact) mass is 373 g/mol. The van der Waals surface area contributed by atoms with Crippen LogP contribution in [-0.2, 0) is 0 Å². The first-order valence-corrected chi connectivity index (χ1v) is 10.6. The van der Waals surface area contributed by atoms with Crippen molar-refractivity contribution in [3.8, 4) is 11.5 Å². The van der Waals surface area contributed by atoms with Crippen molar-refractivity contribution in [1.82, 2.24) is 4.90 Å². The molecule has 2 aromatic rings. The number of hydrogen-bond acceptors (Lipinski definition) is 4. The van der Waals surface area contributed by atoms with E-state index < -0.39 is 0 Å². The highest BCUT2D eigenvalue weighted by Gasteiger charge is 2.23. The van der Waals surface area contributed by atoms with Gasteiger partial charge < -0.3 is 14.4 Å². The van der Waals surface area contributed by atoms with Crippen LogP contribution in [0.15, 0.2) is 41.1 Å². The molecule has 26 heavy (non-hydrogen) atoms. The van der Waals surface area contributed by atoms with E-state index in [9.17, 15) is 0 Å². The number of piperidine rings is 1. The van der Waals surface area contributed by atoms with Crippen molar-refractivity contribution in [3.05, 3.63) is 46.7 Å². The van der Waals surface area contributed by atoms with Gasteiger partial charge in [0.25, 0.3) is 0 Å². The van der Waals surface area contributed by atoms with Crippen LogP contribution >= 0.6 is 11.3 Å². The predicted octanol–water partition coefficient (Wildman–Crippen LogP) is 5.29. The van der Waals surface area contributed by atoms with Gasteiger partial charge in [0.1, 0.15) is 11.5 Å². The van der Waals surface area contributed by atoms with E-state index in [0.29, 0.717) is 11.8 Å². The summed E-state index contributed by atoms with van der Waals surface area (Å²) in [4.78, 5) is 2.64. The maximum Gasteiger partial charge on any atom is 0.119 e. The van der Waals surface area contributed by atoms with Crippen LogP contribution in [0.25, 0.3) is 0 Å². The highest BCUT2D eigenvalue weighted by molar-refractivity contribution is 7.07. The summed E-state index contributed by atoms with van der Waals surface area (Å²) < 4.78 is 11.2. The average molecular weight is 374 g/mol. The van der Waals surface area contributed by atoms with Crippen LogP contribution in [0.2, 0.25) is 0 Å². The Morgan fingerprint density at radius 2 is 1.73 bits per heavy atom. The van der Waals surface area contributed by atoms with Gasteiger partial charge in [0, 0.05) is 6.54 Å². The third-order valence-electron chi connectivity index (χ3n) is 5.69. The SMILES string of the molecule is COc1ccc(OCC(C)C(C)CN2CCC(c3ccsc3)CC2)cc1. The first-order chi connectivity index (χ1) is 12.7. The number of thiophene rings is 1. The van der Waals surface area contributed by atoms with E-state index in [-0.39, 0.29) is 0 Å². The number of hydrogen-bond donors (Lipinski definition) is 0. The molecule has 1 aliphatic rings. The zero-order valence-electron chi connectivity index (χ0n) is 16.2. The number of nitrogens with zero attached hydrogens (tertiary/aromatic N) is 1. The standard InChI is InChI=1S/C22H31NO2S/c1-17(18(2)15-25-22-6-4-21(24-3)5-7-22)14-23-11-8-19(9-12-23)20-10-13-26-16-20/h4-7,10,13,16-19H,8-9,11-12,14-15H2,1-3H3. The third kappa shape index (κ3) is 5.24. The molecule has 0 aliphatic carbocycles. The van der Waals surface area contributed by atoms with Gasteiger partial charge in [-0.25, -0.2) is 0 Å². The van der Waals surface area contributed by atoms with Gasteiger partial charge in [-0.1, -0.05) is 13.8 Å². The Labute approximate surface area is 161 Å². The van der Waals surface area contributed by atoms with Gasteiger partial charge in [0.15, 0.2) is 0 Å². The number of methoxy groups -OCH3 is 1. The molecule has 3 nitrogen and oxygen atoms in total. The quantitative estimate of drug-likeness (QED) is 0.628. The van der Waals surface area contributed by atoms with Gasteiger partial charge in [0.05, 0.1) is 13.7 Å². The molecule has 4 heteroatoms. The van der Waals surface area contributed by atoms with Crippen molar-refractivity contribution in [2.45, 2.75) is 32.6 Å². The fourth-order valence-electron chi connectivity index (χ4n) is 3.61. The second-order valence-corrected chi connectivity index (χ2v) is 8.35. The van der Waals surface area contributed by atoms with Crippen molar-refractivity contribution in [3.63, 3.8) is 0 Å². The highest BCUT2D eigenvalue weighted by Crippen LogP contribution is 2.30. The zero-order chi connectivity index (χ0) is 18.4. The number of ether oxygens (including phenoxy) is 2. The van der Waals surface area contributed by atoms with Crippen molar-refractivity contribution in [2.75, 3.05) is 33.4 Å². The number of benzene rings is 1. The van der Waals surface area contributed by atoms with Crippen LogP contribution < -0.4 is 9.47 Å². The van der Waals surface area contributed by atoms with E-state index >= 15 is 0 Å². The molecule has 1 aromatic carbocycles. The first-order valence-electron chi connectivity index (χ1n) is 9.67. The van der Waals surface area contributed by atoms with E-state index in [1.165, 1.54) is 32.5 Å². The molecule has 1 saturated heterocycles. The molecule has 0 saturated carbocycles. The normalized spacial score (nSPS) is 18.4. The van der Waals surface area contributed by atoms with E-state index in [0.717, 1.165) is 24.0 Å². The minimum Gasteiger partial charge on any atom is -0.497 e. The summed E-state index contributed by atoms with van der Waals surface area (Å²) in [5, 5.41) is 4.52. The summed E-state index contributed by atoms with van der Waals surface area (Å²) in [6, 6.07) is 10.1. The zero-order valence-corrected chi connectivity index (χ0v) is 17.0. The summed E-state index contributed by atoms with van der Waals surface area (Å²) in [5.41, 5.74) is 1.55. The lowest BCUT2D eigenvalue weighted by molar-refractivity contribution is 0.142. The largest absolute Gasteiger partial charge is 0.497 e. The maximum atomic E-state index is 5.97. The van der Waals surface area contributed by atoms with Crippen molar-refractivity contribution >= 4 is 11.3 Å². The summed E-state index contributed by atoms with van der Waals surface area (Å²) in [5.74, 6) is 3.72. The number of rotatable bonds is 8. The Balaban J connectivity index is 1.39. The van der Waals surface area contributed by atoms with Crippen LogP contribution in [0.1, 0.15) is 38.2 Å². The molecule has 0 bridgehead atoms. The molecule has 3 rings (SSSR count). The van der Waals surface area contributed by atoms with Crippen molar-refractivity contribution in [2.24, 2.45) is 11.8 Å². The molecule has 142 valence electrons. The van der Waals surface area contributed by atoms with Crippen LogP contribution in [0.3, 0.4) is 0 Å².